The summed E-state index contributed by atoms with van der Waals surface area (Å²) in [5.74, 6) is -0.398. The van der Waals surface area contributed by atoms with Gasteiger partial charge in [-0.05, 0) is 70.6 Å². The summed E-state index contributed by atoms with van der Waals surface area (Å²) in [5.41, 5.74) is 0. The number of hydrogen-bond donors (Lipinski definition) is 0. The highest BCUT2D eigenvalue weighted by molar-refractivity contribution is 5.70. The Hall–Kier alpha value is -1.88. The predicted molar refractivity (Wildman–Crippen MR) is 261 cm³/mol. The average molecular weight is 843 g/mol. The smallest absolute Gasteiger partial charge is 0.306 e. The molecule has 0 aromatic rings. The van der Waals surface area contributed by atoms with Crippen LogP contribution >= 0.6 is 0 Å². The zero-order valence-electron chi connectivity index (χ0n) is 40.5. The highest BCUT2D eigenvalue weighted by Crippen LogP contribution is 2.15. The van der Waals surface area contributed by atoms with Crippen LogP contribution in [0.15, 0.2) is 36.5 Å². The van der Waals surface area contributed by atoms with Crippen LogP contribution in [0, 0.1) is 0 Å². The van der Waals surface area contributed by atoms with Gasteiger partial charge in [0.25, 0.3) is 0 Å². The fourth-order valence-corrected chi connectivity index (χ4v) is 7.64. The van der Waals surface area contributed by atoms with Gasteiger partial charge in [-0.25, -0.2) is 0 Å². The Morgan fingerprint density at radius 3 is 1.20 bits per heavy atom. The molecule has 0 saturated heterocycles. The molecule has 0 spiro atoms. The quantitative estimate of drug-likeness (QED) is 0.0347. The second-order valence-corrected chi connectivity index (χ2v) is 17.8. The van der Waals surface area contributed by atoms with Crippen LogP contribution in [0.2, 0.25) is 0 Å². The molecule has 0 N–H and O–H groups in total. The predicted octanol–water partition coefficient (Wildman–Crippen LogP) is 17.8. The second-order valence-electron chi connectivity index (χ2n) is 17.8. The number of hydrogen-bond acceptors (Lipinski definition) is 5. The van der Waals surface area contributed by atoms with Gasteiger partial charge in [-0.1, -0.05) is 231 Å². The SMILES string of the molecule is CCCC/C=C\CCCCCCCC(=O)OC(COCCCCCCCCCC/C=C\C/C=C\CCCCC)COC(=O)CCCCCCCCCCCCCCCCC. The molecule has 1 unspecified atom stereocenters. The topological polar surface area (TPSA) is 61.8 Å². The van der Waals surface area contributed by atoms with Gasteiger partial charge < -0.3 is 14.2 Å². The van der Waals surface area contributed by atoms with Gasteiger partial charge in [0.05, 0.1) is 6.61 Å². The Morgan fingerprint density at radius 1 is 0.367 bits per heavy atom. The maximum atomic E-state index is 12.8. The van der Waals surface area contributed by atoms with Crippen LogP contribution in [0.25, 0.3) is 0 Å². The Balaban J connectivity index is 4.21. The van der Waals surface area contributed by atoms with E-state index in [1.807, 2.05) is 0 Å². The first-order valence-corrected chi connectivity index (χ1v) is 26.5. The van der Waals surface area contributed by atoms with Crippen molar-refractivity contribution in [1.29, 1.82) is 0 Å². The number of allylic oxidation sites excluding steroid dienone is 6. The van der Waals surface area contributed by atoms with Gasteiger partial charge in [-0.15, -0.1) is 0 Å². The third-order valence-electron chi connectivity index (χ3n) is 11.6. The highest BCUT2D eigenvalue weighted by atomic mass is 16.6. The molecular formula is C55H102O5. The molecule has 0 fully saturated rings. The van der Waals surface area contributed by atoms with Crippen LogP contribution in [-0.2, 0) is 23.8 Å². The first-order chi connectivity index (χ1) is 29.6. The molecule has 0 aliphatic carbocycles. The normalized spacial score (nSPS) is 12.4. The monoisotopic (exact) mass is 843 g/mol. The highest BCUT2D eigenvalue weighted by Gasteiger charge is 2.17. The average Bonchev–Trinajstić information content (AvgIpc) is 3.25. The molecule has 352 valence electrons. The molecule has 1 atom stereocenters. The summed E-state index contributed by atoms with van der Waals surface area (Å²) in [6.45, 7) is 7.79. The van der Waals surface area contributed by atoms with Crippen molar-refractivity contribution in [2.45, 2.75) is 284 Å². The van der Waals surface area contributed by atoms with E-state index in [1.165, 1.54) is 186 Å². The van der Waals surface area contributed by atoms with E-state index in [0.717, 1.165) is 57.8 Å². The van der Waals surface area contributed by atoms with Crippen molar-refractivity contribution in [3.05, 3.63) is 36.5 Å². The van der Waals surface area contributed by atoms with Gasteiger partial charge in [-0.3, -0.25) is 9.59 Å². The van der Waals surface area contributed by atoms with Crippen LogP contribution in [0.3, 0.4) is 0 Å². The lowest BCUT2D eigenvalue weighted by atomic mass is 10.0. The fourth-order valence-electron chi connectivity index (χ4n) is 7.64. The van der Waals surface area contributed by atoms with Gasteiger partial charge >= 0.3 is 11.9 Å². The zero-order valence-corrected chi connectivity index (χ0v) is 40.5. The lowest BCUT2D eigenvalue weighted by molar-refractivity contribution is -0.163. The van der Waals surface area contributed by atoms with Crippen molar-refractivity contribution in [3.63, 3.8) is 0 Å². The molecular weight excluding hydrogens is 741 g/mol. The van der Waals surface area contributed by atoms with Gasteiger partial charge in [0.15, 0.2) is 6.10 Å². The van der Waals surface area contributed by atoms with Crippen LogP contribution in [0.1, 0.15) is 278 Å². The Bertz CT molecular complexity index is 955. The molecule has 0 aliphatic heterocycles. The van der Waals surface area contributed by atoms with E-state index in [1.54, 1.807) is 0 Å². The summed E-state index contributed by atoms with van der Waals surface area (Å²) >= 11 is 0. The Kier molecular flexibility index (Phi) is 49.9. The van der Waals surface area contributed by atoms with Gasteiger partial charge in [-0.2, -0.15) is 0 Å². The van der Waals surface area contributed by atoms with Crippen molar-refractivity contribution in [2.24, 2.45) is 0 Å². The van der Waals surface area contributed by atoms with Crippen LogP contribution in [0.4, 0.5) is 0 Å². The molecule has 0 saturated carbocycles. The molecule has 0 aromatic heterocycles. The number of carbonyl (C=O) groups excluding carboxylic acids is 2. The van der Waals surface area contributed by atoms with Crippen molar-refractivity contribution in [1.82, 2.24) is 0 Å². The molecule has 0 rings (SSSR count). The summed E-state index contributed by atoms with van der Waals surface area (Å²) < 4.78 is 17.4. The molecule has 60 heavy (non-hydrogen) atoms. The van der Waals surface area contributed by atoms with E-state index >= 15 is 0 Å². The van der Waals surface area contributed by atoms with Crippen molar-refractivity contribution < 1.29 is 23.8 Å². The van der Waals surface area contributed by atoms with Gasteiger partial charge in [0, 0.05) is 19.4 Å². The van der Waals surface area contributed by atoms with Crippen LogP contribution in [0.5, 0.6) is 0 Å². The maximum absolute atomic E-state index is 12.8. The summed E-state index contributed by atoms with van der Waals surface area (Å²) in [4.78, 5) is 25.4. The number of rotatable bonds is 49. The largest absolute Gasteiger partial charge is 0.462 e. The van der Waals surface area contributed by atoms with E-state index in [9.17, 15) is 9.59 Å². The second kappa shape index (κ2) is 51.5. The standard InChI is InChI=1S/C55H102O5/c1-4-7-10-13-16-19-22-24-26-27-28-30-32-35-38-41-44-47-50-58-51-53(60-55(57)49-46-43-40-37-33-21-18-15-12-9-6-3)52-59-54(56)48-45-42-39-36-34-31-29-25-23-20-17-14-11-8-5-2/h15-16,18-19,24,26,53H,4-14,17,20-23,25,27-52H2,1-3H3/b18-15-,19-16-,26-24-. The first kappa shape index (κ1) is 58.1. The molecule has 0 bridgehead atoms. The summed E-state index contributed by atoms with van der Waals surface area (Å²) in [6, 6.07) is 0. The number of carbonyl (C=O) groups is 2. The maximum Gasteiger partial charge on any atom is 0.306 e. The third-order valence-corrected chi connectivity index (χ3v) is 11.6. The molecule has 0 radical (unpaired) electrons. The first-order valence-electron chi connectivity index (χ1n) is 26.5. The molecule has 5 nitrogen and oxygen atoms in total. The lowest BCUT2D eigenvalue weighted by Gasteiger charge is -2.18. The zero-order chi connectivity index (χ0) is 43.5. The van der Waals surface area contributed by atoms with E-state index < -0.39 is 6.10 Å². The minimum atomic E-state index is -0.538. The lowest BCUT2D eigenvalue weighted by Crippen LogP contribution is -2.30. The number of esters is 2. The molecule has 0 aliphatic rings. The van der Waals surface area contributed by atoms with Crippen molar-refractivity contribution in [2.75, 3.05) is 19.8 Å². The Labute approximate surface area is 374 Å². The minimum absolute atomic E-state index is 0.0844. The van der Waals surface area contributed by atoms with E-state index in [4.69, 9.17) is 14.2 Å². The Morgan fingerprint density at radius 2 is 0.717 bits per heavy atom. The van der Waals surface area contributed by atoms with Crippen LogP contribution < -0.4 is 0 Å². The summed E-state index contributed by atoms with van der Waals surface area (Å²) in [6.07, 6.45) is 61.5. The van der Waals surface area contributed by atoms with E-state index in [2.05, 4.69) is 57.2 Å². The van der Waals surface area contributed by atoms with E-state index in [0.29, 0.717) is 19.4 Å². The number of unbranched alkanes of at least 4 members (excludes halogenated alkanes) is 32. The summed E-state index contributed by atoms with van der Waals surface area (Å²) in [5, 5.41) is 0. The minimum Gasteiger partial charge on any atom is -0.462 e. The van der Waals surface area contributed by atoms with Crippen molar-refractivity contribution in [3.8, 4) is 0 Å². The third kappa shape index (κ3) is 48.8. The van der Waals surface area contributed by atoms with E-state index in [-0.39, 0.29) is 25.2 Å². The van der Waals surface area contributed by atoms with Gasteiger partial charge in [0.2, 0.25) is 0 Å². The number of ether oxygens (including phenoxy) is 3. The van der Waals surface area contributed by atoms with Crippen LogP contribution in [-0.4, -0.2) is 37.9 Å². The molecule has 0 heterocycles. The van der Waals surface area contributed by atoms with Gasteiger partial charge in [0.1, 0.15) is 6.61 Å². The summed E-state index contributed by atoms with van der Waals surface area (Å²) in [7, 11) is 0. The molecule has 5 heteroatoms. The molecule has 0 amide bonds. The van der Waals surface area contributed by atoms with Crippen molar-refractivity contribution >= 4 is 11.9 Å². The molecule has 0 aromatic carbocycles. The fraction of sp³-hybridized carbons (Fsp3) is 0.855.